The third-order valence-electron chi connectivity index (χ3n) is 2.53. The maximum absolute atomic E-state index is 11.4. The molecule has 0 aliphatic heterocycles. The summed E-state index contributed by atoms with van der Waals surface area (Å²) in [6.45, 7) is 8.24. The molecule has 90 valence electrons. The number of rotatable bonds is 4. The number of hydrogen-bond donors (Lipinski definition) is 1. The van der Waals surface area contributed by atoms with Gasteiger partial charge in [0.2, 0.25) is 0 Å². The first-order valence-electron chi connectivity index (χ1n) is 5.28. The molecule has 0 saturated carbocycles. The first kappa shape index (κ1) is 13.0. The number of aromatic nitrogens is 1. The van der Waals surface area contributed by atoms with Gasteiger partial charge in [0, 0.05) is 10.9 Å². The second-order valence-electron chi connectivity index (χ2n) is 4.09. The summed E-state index contributed by atoms with van der Waals surface area (Å²) in [5, 5.41) is 4.06. The highest BCUT2D eigenvalue weighted by Gasteiger charge is 2.17. The second-order valence-corrected chi connectivity index (χ2v) is 5.30. The van der Waals surface area contributed by atoms with Crippen molar-refractivity contribution in [3.05, 3.63) is 10.6 Å². The predicted molar refractivity (Wildman–Crippen MR) is 66.1 cm³/mol. The van der Waals surface area contributed by atoms with E-state index >= 15 is 0 Å². The molecule has 4 nitrogen and oxygen atoms in total. The molecule has 16 heavy (non-hydrogen) atoms. The van der Waals surface area contributed by atoms with Crippen LogP contribution < -0.4 is 5.32 Å². The highest BCUT2D eigenvalue weighted by atomic mass is 32.1. The average molecular weight is 242 g/mol. The van der Waals surface area contributed by atoms with Crippen LogP contribution in [0.2, 0.25) is 0 Å². The van der Waals surface area contributed by atoms with Crippen molar-refractivity contribution in [2.45, 2.75) is 33.7 Å². The average Bonchev–Trinajstić information content (AvgIpc) is 2.58. The Bertz CT molecular complexity index is 374. The number of aryl methyl sites for hydroxylation is 1. The Morgan fingerprint density at radius 3 is 2.56 bits per heavy atom. The molecule has 5 heteroatoms. The molecule has 1 heterocycles. The number of ether oxygens (including phenoxy) is 1. The molecule has 0 fully saturated rings. The van der Waals surface area contributed by atoms with E-state index in [1.807, 2.05) is 6.92 Å². The molecular weight excluding hydrogens is 224 g/mol. The minimum absolute atomic E-state index is 0.330. The summed E-state index contributed by atoms with van der Waals surface area (Å²) in [7, 11) is 1.37. The van der Waals surface area contributed by atoms with E-state index in [1.165, 1.54) is 18.4 Å². The van der Waals surface area contributed by atoms with Crippen LogP contribution in [-0.2, 0) is 4.74 Å². The van der Waals surface area contributed by atoms with Gasteiger partial charge in [0.15, 0.2) is 10.8 Å². The van der Waals surface area contributed by atoms with E-state index in [4.69, 9.17) is 0 Å². The SMILES string of the molecule is COC(=O)c1nc(NC(C)C(C)C)sc1C. The van der Waals surface area contributed by atoms with Crippen LogP contribution in [0.25, 0.3) is 0 Å². The Morgan fingerprint density at radius 1 is 1.44 bits per heavy atom. The number of nitrogens with zero attached hydrogens (tertiary/aromatic N) is 1. The molecule has 0 aliphatic carbocycles. The minimum atomic E-state index is -0.376. The van der Waals surface area contributed by atoms with Crippen molar-refractivity contribution in [2.75, 3.05) is 12.4 Å². The summed E-state index contributed by atoms with van der Waals surface area (Å²) < 4.78 is 4.66. The zero-order chi connectivity index (χ0) is 12.3. The number of esters is 1. The smallest absolute Gasteiger partial charge is 0.357 e. The highest BCUT2D eigenvalue weighted by molar-refractivity contribution is 7.15. The van der Waals surface area contributed by atoms with Crippen LogP contribution in [-0.4, -0.2) is 24.1 Å². The van der Waals surface area contributed by atoms with E-state index in [2.05, 4.69) is 35.8 Å². The largest absolute Gasteiger partial charge is 0.464 e. The Balaban J connectivity index is 2.81. The lowest BCUT2D eigenvalue weighted by molar-refractivity contribution is 0.0594. The zero-order valence-electron chi connectivity index (χ0n) is 10.3. The van der Waals surface area contributed by atoms with E-state index < -0.39 is 0 Å². The molecule has 1 rings (SSSR count). The van der Waals surface area contributed by atoms with Crippen molar-refractivity contribution in [1.29, 1.82) is 0 Å². The standard InChI is InChI=1S/C11H18N2O2S/c1-6(2)7(3)12-11-13-9(8(4)16-11)10(14)15-5/h6-7H,1-5H3,(H,12,13). The summed E-state index contributed by atoms with van der Waals surface area (Å²) in [5.74, 6) is 0.143. The second kappa shape index (κ2) is 5.30. The van der Waals surface area contributed by atoms with E-state index in [9.17, 15) is 4.79 Å². The molecule has 1 aromatic rings. The number of carbonyl (C=O) groups excluding carboxylic acids is 1. The van der Waals surface area contributed by atoms with Gasteiger partial charge in [0.05, 0.1) is 7.11 Å². The number of hydrogen-bond acceptors (Lipinski definition) is 5. The van der Waals surface area contributed by atoms with Gasteiger partial charge in [-0.25, -0.2) is 9.78 Å². The van der Waals surface area contributed by atoms with Crippen LogP contribution in [0, 0.1) is 12.8 Å². The van der Waals surface area contributed by atoms with Gasteiger partial charge in [-0.05, 0) is 19.8 Å². The Labute approximate surface area is 100 Å². The fourth-order valence-electron chi connectivity index (χ4n) is 1.11. The lowest BCUT2D eigenvalue weighted by Gasteiger charge is -2.16. The molecule has 0 saturated heterocycles. The van der Waals surface area contributed by atoms with Gasteiger partial charge in [0.25, 0.3) is 0 Å². The molecule has 0 amide bonds. The molecule has 0 aliphatic rings. The fourth-order valence-corrected chi connectivity index (χ4v) is 2.00. The first-order valence-corrected chi connectivity index (χ1v) is 6.09. The fraction of sp³-hybridized carbons (Fsp3) is 0.636. The topological polar surface area (TPSA) is 51.2 Å². The highest BCUT2D eigenvalue weighted by Crippen LogP contribution is 2.24. The summed E-state index contributed by atoms with van der Waals surface area (Å²) in [6.07, 6.45) is 0. The van der Waals surface area contributed by atoms with Crippen LogP contribution in [0.3, 0.4) is 0 Å². The van der Waals surface area contributed by atoms with Gasteiger partial charge in [-0.1, -0.05) is 13.8 Å². The van der Waals surface area contributed by atoms with Gasteiger partial charge in [-0.15, -0.1) is 11.3 Å². The Hall–Kier alpha value is -1.10. The van der Waals surface area contributed by atoms with Gasteiger partial charge in [-0.2, -0.15) is 0 Å². The summed E-state index contributed by atoms with van der Waals surface area (Å²) >= 11 is 1.48. The summed E-state index contributed by atoms with van der Waals surface area (Å²) in [6, 6.07) is 0.330. The van der Waals surface area contributed by atoms with Crippen LogP contribution in [0.5, 0.6) is 0 Å². The lowest BCUT2D eigenvalue weighted by atomic mass is 10.1. The number of nitrogens with one attached hydrogen (secondary N) is 1. The van der Waals surface area contributed by atoms with E-state index in [0.29, 0.717) is 17.7 Å². The number of carbonyl (C=O) groups is 1. The number of thiazole rings is 1. The molecule has 1 atom stereocenters. The van der Waals surface area contributed by atoms with E-state index in [1.54, 1.807) is 0 Å². The van der Waals surface area contributed by atoms with Gasteiger partial charge in [0.1, 0.15) is 0 Å². The molecule has 1 unspecified atom stereocenters. The van der Waals surface area contributed by atoms with Gasteiger partial charge >= 0.3 is 5.97 Å². The van der Waals surface area contributed by atoms with Gasteiger partial charge < -0.3 is 10.1 Å². The monoisotopic (exact) mass is 242 g/mol. The predicted octanol–water partition coefficient (Wildman–Crippen LogP) is 2.69. The summed E-state index contributed by atoms with van der Waals surface area (Å²) in [5.41, 5.74) is 0.408. The molecule has 0 aromatic carbocycles. The maximum Gasteiger partial charge on any atom is 0.357 e. The number of methoxy groups -OCH3 is 1. The molecule has 1 N–H and O–H groups in total. The van der Waals surface area contributed by atoms with Crippen molar-refractivity contribution in [3.63, 3.8) is 0 Å². The Morgan fingerprint density at radius 2 is 2.06 bits per heavy atom. The van der Waals surface area contributed by atoms with Gasteiger partial charge in [-0.3, -0.25) is 0 Å². The van der Waals surface area contributed by atoms with Crippen LogP contribution in [0.15, 0.2) is 0 Å². The Kier molecular flexibility index (Phi) is 4.29. The van der Waals surface area contributed by atoms with Crippen LogP contribution in [0.4, 0.5) is 5.13 Å². The van der Waals surface area contributed by atoms with Crippen LogP contribution >= 0.6 is 11.3 Å². The van der Waals surface area contributed by atoms with Crippen molar-refractivity contribution in [2.24, 2.45) is 5.92 Å². The maximum atomic E-state index is 11.4. The molecular formula is C11H18N2O2S. The quantitative estimate of drug-likeness (QED) is 0.825. The zero-order valence-corrected chi connectivity index (χ0v) is 11.1. The van der Waals surface area contributed by atoms with Crippen LogP contribution in [0.1, 0.15) is 36.1 Å². The lowest BCUT2D eigenvalue weighted by Crippen LogP contribution is -2.21. The third kappa shape index (κ3) is 2.95. The first-order chi connectivity index (χ1) is 7.45. The molecule has 0 spiro atoms. The molecule has 0 bridgehead atoms. The van der Waals surface area contributed by atoms with Crippen molar-refractivity contribution in [3.8, 4) is 0 Å². The van der Waals surface area contributed by atoms with Crippen molar-refractivity contribution < 1.29 is 9.53 Å². The van der Waals surface area contributed by atoms with Crippen molar-refractivity contribution >= 4 is 22.4 Å². The van der Waals surface area contributed by atoms with E-state index in [0.717, 1.165) is 10.0 Å². The van der Waals surface area contributed by atoms with E-state index in [-0.39, 0.29) is 5.97 Å². The third-order valence-corrected chi connectivity index (χ3v) is 3.43. The molecule has 0 radical (unpaired) electrons. The normalized spacial score (nSPS) is 12.6. The molecule has 1 aromatic heterocycles. The van der Waals surface area contributed by atoms with Crippen molar-refractivity contribution in [1.82, 2.24) is 4.98 Å². The summed E-state index contributed by atoms with van der Waals surface area (Å²) in [4.78, 5) is 16.5. The minimum Gasteiger partial charge on any atom is -0.464 e. The number of anilines is 1.